The van der Waals surface area contributed by atoms with Crippen molar-refractivity contribution in [2.24, 2.45) is 0 Å². The van der Waals surface area contributed by atoms with E-state index < -0.39 is 6.18 Å². The molecule has 0 spiro atoms. The molecule has 0 saturated heterocycles. The highest BCUT2D eigenvalue weighted by Gasteiger charge is 2.21. The summed E-state index contributed by atoms with van der Waals surface area (Å²) in [6.45, 7) is 1.89. The molecule has 0 aliphatic rings. The molecule has 0 nitrogen and oxygen atoms in total. The number of hydrogen-bond acceptors (Lipinski definition) is 0. The van der Waals surface area contributed by atoms with E-state index in [1.807, 2.05) is 6.92 Å². The van der Waals surface area contributed by atoms with Gasteiger partial charge in [-0.2, -0.15) is 13.2 Å². The Hall–Kier alpha value is -1.25. The summed E-state index contributed by atoms with van der Waals surface area (Å²) in [6, 6.07) is 6.85. The minimum Gasteiger partial charge on any atom is -0.167 e. The van der Waals surface area contributed by atoms with Crippen molar-refractivity contribution in [2.45, 2.75) is 13.1 Å². The maximum atomic E-state index is 11.7. The van der Waals surface area contributed by atoms with Gasteiger partial charge >= 0.3 is 6.18 Å². The Labute approximate surface area is 74.7 Å². The van der Waals surface area contributed by atoms with Gasteiger partial charge in [0.1, 0.15) is 0 Å². The average Bonchev–Trinajstić information content (AvgIpc) is 2.02. The lowest BCUT2D eigenvalue weighted by Crippen LogP contribution is -1.99. The van der Waals surface area contributed by atoms with E-state index in [2.05, 4.69) is 0 Å². The summed E-state index contributed by atoms with van der Waals surface area (Å²) in [7, 11) is 0. The zero-order valence-electron chi connectivity index (χ0n) is 7.10. The molecule has 0 amide bonds. The van der Waals surface area contributed by atoms with Gasteiger partial charge in [-0.05, 0) is 12.5 Å². The van der Waals surface area contributed by atoms with Crippen molar-refractivity contribution in [2.75, 3.05) is 0 Å². The summed E-state index contributed by atoms with van der Waals surface area (Å²) in [5.41, 5.74) is 1.59. The van der Waals surface area contributed by atoms with Gasteiger partial charge in [0.2, 0.25) is 0 Å². The Morgan fingerprint density at radius 2 is 1.62 bits per heavy atom. The molecule has 0 unspecified atom stereocenters. The van der Waals surface area contributed by atoms with E-state index in [0.717, 1.165) is 11.6 Å². The first kappa shape index (κ1) is 9.84. The van der Waals surface area contributed by atoms with Crippen LogP contribution in [0.25, 0.3) is 6.08 Å². The van der Waals surface area contributed by atoms with Gasteiger partial charge in [0.25, 0.3) is 0 Å². The molecule has 0 saturated carbocycles. The van der Waals surface area contributed by atoms with E-state index in [-0.39, 0.29) is 6.08 Å². The van der Waals surface area contributed by atoms with Gasteiger partial charge in [-0.15, -0.1) is 0 Å². The van der Waals surface area contributed by atoms with Crippen LogP contribution >= 0.6 is 0 Å². The second-order valence-electron chi connectivity index (χ2n) is 2.79. The predicted octanol–water partition coefficient (Wildman–Crippen LogP) is 3.57. The molecule has 70 valence electrons. The lowest BCUT2D eigenvalue weighted by Gasteiger charge is -1.98. The second-order valence-corrected chi connectivity index (χ2v) is 2.79. The molecular formula is C10H9F3. The summed E-state index contributed by atoms with van der Waals surface area (Å²) >= 11 is 0. The van der Waals surface area contributed by atoms with E-state index in [0.29, 0.717) is 5.56 Å². The van der Waals surface area contributed by atoms with Gasteiger partial charge in [0.05, 0.1) is 0 Å². The van der Waals surface area contributed by atoms with Crippen molar-refractivity contribution >= 4 is 6.08 Å². The van der Waals surface area contributed by atoms with E-state index >= 15 is 0 Å². The Balaban J connectivity index is 2.75. The molecule has 3 heteroatoms. The van der Waals surface area contributed by atoms with Crippen LogP contribution in [-0.2, 0) is 0 Å². The lowest BCUT2D eigenvalue weighted by atomic mass is 10.1. The monoisotopic (exact) mass is 186 g/mol. The third kappa shape index (κ3) is 3.78. The third-order valence-corrected chi connectivity index (χ3v) is 1.54. The molecule has 0 heterocycles. The topological polar surface area (TPSA) is 0 Å². The second kappa shape index (κ2) is 3.64. The van der Waals surface area contributed by atoms with Crippen molar-refractivity contribution < 1.29 is 13.2 Å². The standard InChI is InChI=1S/C10H9F3/c1-8-2-4-9(5-3-8)6-7-10(11,12)13/h2-7H,1H3. The van der Waals surface area contributed by atoms with Gasteiger partial charge in [-0.25, -0.2) is 0 Å². The van der Waals surface area contributed by atoms with Crippen molar-refractivity contribution in [3.8, 4) is 0 Å². The molecule has 0 aliphatic carbocycles. The molecule has 0 radical (unpaired) electrons. The van der Waals surface area contributed by atoms with Crippen molar-refractivity contribution in [3.63, 3.8) is 0 Å². The molecule has 0 N–H and O–H groups in total. The highest BCUT2D eigenvalue weighted by atomic mass is 19.4. The minimum absolute atomic E-state index is 0.234. The average molecular weight is 186 g/mol. The van der Waals surface area contributed by atoms with E-state index in [9.17, 15) is 13.2 Å². The summed E-state index contributed by atoms with van der Waals surface area (Å²) in [6.07, 6.45) is -2.94. The maximum absolute atomic E-state index is 11.7. The highest BCUT2D eigenvalue weighted by Crippen LogP contribution is 2.18. The van der Waals surface area contributed by atoms with Crippen molar-refractivity contribution in [1.29, 1.82) is 0 Å². The number of benzene rings is 1. The Morgan fingerprint density at radius 1 is 1.08 bits per heavy atom. The lowest BCUT2D eigenvalue weighted by molar-refractivity contribution is -0.0790. The third-order valence-electron chi connectivity index (χ3n) is 1.54. The quantitative estimate of drug-likeness (QED) is 0.628. The molecule has 1 aromatic carbocycles. The van der Waals surface area contributed by atoms with E-state index in [1.165, 1.54) is 0 Å². The van der Waals surface area contributed by atoms with Gasteiger partial charge in [0, 0.05) is 6.08 Å². The van der Waals surface area contributed by atoms with Gasteiger partial charge in [-0.1, -0.05) is 35.9 Å². The number of halogens is 3. The van der Waals surface area contributed by atoms with E-state index in [4.69, 9.17) is 0 Å². The zero-order chi connectivity index (χ0) is 9.90. The zero-order valence-corrected chi connectivity index (χ0v) is 7.10. The summed E-state index contributed by atoms with van der Waals surface area (Å²) in [5, 5.41) is 0. The van der Waals surface area contributed by atoms with Gasteiger partial charge in [-0.3, -0.25) is 0 Å². The number of alkyl halides is 3. The van der Waals surface area contributed by atoms with Crippen molar-refractivity contribution in [3.05, 3.63) is 41.5 Å². The first-order valence-electron chi connectivity index (χ1n) is 3.80. The molecule has 0 atom stereocenters. The number of aryl methyl sites for hydroxylation is 1. The predicted molar refractivity (Wildman–Crippen MR) is 46.3 cm³/mol. The van der Waals surface area contributed by atoms with Crippen LogP contribution in [0.1, 0.15) is 11.1 Å². The maximum Gasteiger partial charge on any atom is 0.409 e. The molecule has 0 aliphatic heterocycles. The minimum atomic E-state index is -4.23. The van der Waals surface area contributed by atoms with Crippen LogP contribution in [0.2, 0.25) is 0 Å². The summed E-state index contributed by atoms with van der Waals surface area (Å²) in [5.74, 6) is 0. The Bertz CT molecular complexity index is 293. The van der Waals surface area contributed by atoms with Crippen LogP contribution in [0.15, 0.2) is 30.3 Å². The molecule has 0 bridgehead atoms. The molecule has 1 rings (SSSR count). The first-order valence-corrected chi connectivity index (χ1v) is 3.80. The largest absolute Gasteiger partial charge is 0.409 e. The van der Waals surface area contributed by atoms with Gasteiger partial charge in [0.15, 0.2) is 0 Å². The molecule has 1 aromatic rings. The number of allylic oxidation sites excluding steroid dienone is 1. The highest BCUT2D eigenvalue weighted by molar-refractivity contribution is 5.50. The van der Waals surface area contributed by atoms with Gasteiger partial charge < -0.3 is 0 Å². The fourth-order valence-electron chi connectivity index (χ4n) is 0.868. The first-order chi connectivity index (χ1) is 5.97. The van der Waals surface area contributed by atoms with Crippen LogP contribution in [0, 0.1) is 6.92 Å². The molecule has 0 aromatic heterocycles. The van der Waals surface area contributed by atoms with E-state index in [1.54, 1.807) is 24.3 Å². The van der Waals surface area contributed by atoms with Crippen LogP contribution in [0.5, 0.6) is 0 Å². The normalized spacial score (nSPS) is 12.3. The number of hydrogen-bond donors (Lipinski definition) is 0. The molecule has 0 fully saturated rings. The summed E-state index contributed by atoms with van der Waals surface area (Å²) in [4.78, 5) is 0. The Kier molecular flexibility index (Phi) is 2.76. The fraction of sp³-hybridized carbons (Fsp3) is 0.200. The fourth-order valence-corrected chi connectivity index (χ4v) is 0.868. The van der Waals surface area contributed by atoms with Crippen LogP contribution in [0.4, 0.5) is 13.2 Å². The number of rotatable bonds is 1. The van der Waals surface area contributed by atoms with Crippen LogP contribution in [0.3, 0.4) is 0 Å². The smallest absolute Gasteiger partial charge is 0.167 e. The molecular weight excluding hydrogens is 177 g/mol. The van der Waals surface area contributed by atoms with Crippen molar-refractivity contribution in [1.82, 2.24) is 0 Å². The van der Waals surface area contributed by atoms with Crippen LogP contribution < -0.4 is 0 Å². The summed E-state index contributed by atoms with van der Waals surface area (Å²) < 4.78 is 35.2. The van der Waals surface area contributed by atoms with Crippen LogP contribution in [-0.4, -0.2) is 6.18 Å². The molecule has 13 heavy (non-hydrogen) atoms. The SMILES string of the molecule is Cc1ccc(C=CC(F)(F)F)cc1. The Morgan fingerprint density at radius 3 is 2.08 bits per heavy atom.